The van der Waals surface area contributed by atoms with Gasteiger partial charge in [0.15, 0.2) is 0 Å². The van der Waals surface area contributed by atoms with Crippen LogP contribution in [-0.2, 0) is 4.79 Å². The molecule has 1 aliphatic rings. The van der Waals surface area contributed by atoms with E-state index in [4.69, 9.17) is 0 Å². The van der Waals surface area contributed by atoms with Crippen molar-refractivity contribution in [2.24, 2.45) is 0 Å². The minimum Gasteiger partial charge on any atom is -0.324 e. The van der Waals surface area contributed by atoms with Crippen LogP contribution in [-0.4, -0.2) is 28.7 Å². The Morgan fingerprint density at radius 1 is 1.04 bits per heavy atom. The Labute approximate surface area is 159 Å². The molecule has 5 heteroatoms. The third kappa shape index (κ3) is 3.63. The molecule has 0 saturated heterocycles. The van der Waals surface area contributed by atoms with Crippen LogP contribution in [0, 0.1) is 13.8 Å². The summed E-state index contributed by atoms with van der Waals surface area (Å²) in [6, 6.07) is 11.7. The monoisotopic (exact) mass is 364 g/mol. The second-order valence-corrected chi connectivity index (χ2v) is 6.99. The first kappa shape index (κ1) is 18.8. The Morgan fingerprint density at radius 3 is 2.26 bits per heavy atom. The largest absolute Gasteiger partial charge is 0.324 e. The third-order valence-electron chi connectivity index (χ3n) is 4.92. The van der Waals surface area contributed by atoms with Gasteiger partial charge in [0.05, 0.1) is 11.1 Å². The predicted molar refractivity (Wildman–Crippen MR) is 105 cm³/mol. The fourth-order valence-electron chi connectivity index (χ4n) is 3.35. The van der Waals surface area contributed by atoms with Crippen LogP contribution in [0.1, 0.15) is 58.0 Å². The molecule has 2 aromatic carbocycles. The maximum Gasteiger partial charge on any atom is 0.262 e. The summed E-state index contributed by atoms with van der Waals surface area (Å²) >= 11 is 0. The van der Waals surface area contributed by atoms with Crippen molar-refractivity contribution in [1.82, 2.24) is 4.90 Å². The zero-order valence-electron chi connectivity index (χ0n) is 15.9. The highest BCUT2D eigenvalue weighted by Gasteiger charge is 2.42. The van der Waals surface area contributed by atoms with Crippen molar-refractivity contribution < 1.29 is 14.4 Å². The molecule has 1 atom stereocenters. The minimum atomic E-state index is -0.822. The number of imide groups is 1. The molecule has 0 bridgehead atoms. The normalized spacial score (nSPS) is 14.3. The molecule has 2 aromatic rings. The lowest BCUT2D eigenvalue weighted by molar-refractivity contribution is -0.120. The summed E-state index contributed by atoms with van der Waals surface area (Å²) in [6.45, 7) is 5.88. The maximum atomic E-state index is 13.1. The van der Waals surface area contributed by atoms with E-state index in [9.17, 15) is 14.4 Å². The topological polar surface area (TPSA) is 66.5 Å². The summed E-state index contributed by atoms with van der Waals surface area (Å²) in [5, 5.41) is 2.92. The lowest BCUT2D eigenvalue weighted by atomic mass is 10.1. The number of aryl methyl sites for hydroxylation is 2. The fraction of sp³-hybridized carbons (Fsp3) is 0.318. The van der Waals surface area contributed by atoms with Crippen LogP contribution in [0.5, 0.6) is 0 Å². The SMILES string of the molecule is CCCCC(C(=O)Nc1cc(C)ccc1C)N1C(=O)c2ccccc2C1=O. The highest BCUT2D eigenvalue weighted by atomic mass is 16.2. The quantitative estimate of drug-likeness (QED) is 0.785. The van der Waals surface area contributed by atoms with Crippen LogP contribution in [0.25, 0.3) is 0 Å². The molecule has 0 spiro atoms. The first-order valence-electron chi connectivity index (χ1n) is 9.29. The molecule has 1 N–H and O–H groups in total. The molecule has 1 unspecified atom stereocenters. The van der Waals surface area contributed by atoms with Gasteiger partial charge in [-0.2, -0.15) is 0 Å². The summed E-state index contributed by atoms with van der Waals surface area (Å²) in [7, 11) is 0. The number of fused-ring (bicyclic) bond motifs is 1. The van der Waals surface area contributed by atoms with Gasteiger partial charge < -0.3 is 5.32 Å². The number of carbonyl (C=O) groups excluding carboxylic acids is 3. The molecule has 27 heavy (non-hydrogen) atoms. The van der Waals surface area contributed by atoms with E-state index in [0.717, 1.165) is 28.9 Å². The Balaban J connectivity index is 1.90. The number of unbranched alkanes of at least 4 members (excludes halogenated alkanes) is 1. The molecule has 0 fully saturated rings. The summed E-state index contributed by atoms with van der Waals surface area (Å²) in [5.74, 6) is -1.12. The van der Waals surface area contributed by atoms with Gasteiger partial charge in [0, 0.05) is 5.69 Å². The Kier molecular flexibility index (Phi) is 5.40. The third-order valence-corrected chi connectivity index (χ3v) is 4.92. The number of nitrogens with zero attached hydrogens (tertiary/aromatic N) is 1. The second-order valence-electron chi connectivity index (χ2n) is 6.99. The van der Waals surface area contributed by atoms with Gasteiger partial charge in [0.1, 0.15) is 6.04 Å². The molecular formula is C22H24N2O3. The van der Waals surface area contributed by atoms with Gasteiger partial charge in [-0.1, -0.05) is 44.0 Å². The van der Waals surface area contributed by atoms with Gasteiger partial charge in [0.2, 0.25) is 5.91 Å². The van der Waals surface area contributed by atoms with Crippen molar-refractivity contribution in [3.63, 3.8) is 0 Å². The van der Waals surface area contributed by atoms with Gasteiger partial charge in [0.25, 0.3) is 11.8 Å². The van der Waals surface area contributed by atoms with E-state index >= 15 is 0 Å². The molecular weight excluding hydrogens is 340 g/mol. The lowest BCUT2D eigenvalue weighted by Gasteiger charge is -2.25. The number of nitrogens with one attached hydrogen (secondary N) is 1. The molecule has 0 radical (unpaired) electrons. The van der Waals surface area contributed by atoms with Crippen LogP contribution >= 0.6 is 0 Å². The van der Waals surface area contributed by atoms with Crippen LogP contribution in [0.4, 0.5) is 5.69 Å². The van der Waals surface area contributed by atoms with Gasteiger partial charge in [-0.3, -0.25) is 19.3 Å². The van der Waals surface area contributed by atoms with E-state index in [1.807, 2.05) is 39.0 Å². The van der Waals surface area contributed by atoms with Crippen molar-refractivity contribution in [2.75, 3.05) is 5.32 Å². The van der Waals surface area contributed by atoms with Crippen molar-refractivity contribution in [3.8, 4) is 0 Å². The molecule has 0 aliphatic carbocycles. The predicted octanol–water partition coefficient (Wildman–Crippen LogP) is 4.10. The molecule has 5 nitrogen and oxygen atoms in total. The van der Waals surface area contributed by atoms with Crippen LogP contribution in [0.15, 0.2) is 42.5 Å². The number of anilines is 1. The van der Waals surface area contributed by atoms with E-state index in [0.29, 0.717) is 23.2 Å². The van der Waals surface area contributed by atoms with Gasteiger partial charge in [-0.05, 0) is 49.6 Å². The molecule has 1 aliphatic heterocycles. The van der Waals surface area contributed by atoms with Crippen molar-refractivity contribution in [3.05, 3.63) is 64.7 Å². The summed E-state index contributed by atoms with van der Waals surface area (Å²) in [5.41, 5.74) is 3.40. The Morgan fingerprint density at radius 2 is 1.67 bits per heavy atom. The van der Waals surface area contributed by atoms with Gasteiger partial charge in [-0.25, -0.2) is 0 Å². The number of hydrogen-bond donors (Lipinski definition) is 1. The van der Waals surface area contributed by atoms with E-state index in [-0.39, 0.29) is 5.91 Å². The lowest BCUT2D eigenvalue weighted by Crippen LogP contribution is -2.47. The van der Waals surface area contributed by atoms with Crippen LogP contribution in [0.3, 0.4) is 0 Å². The number of carbonyl (C=O) groups is 3. The van der Waals surface area contributed by atoms with Gasteiger partial charge in [-0.15, -0.1) is 0 Å². The second kappa shape index (κ2) is 7.74. The summed E-state index contributed by atoms with van der Waals surface area (Å²) in [4.78, 5) is 39.8. The standard InChI is InChI=1S/C22H24N2O3/c1-4-5-10-19(20(25)23-18-13-14(2)11-12-15(18)3)24-21(26)16-8-6-7-9-17(16)22(24)27/h6-9,11-13,19H,4-5,10H2,1-3H3,(H,23,25). The van der Waals surface area contributed by atoms with Crippen molar-refractivity contribution >= 4 is 23.4 Å². The molecule has 3 rings (SSSR count). The first-order valence-corrected chi connectivity index (χ1v) is 9.29. The van der Waals surface area contributed by atoms with E-state index in [1.165, 1.54) is 0 Å². The molecule has 0 saturated carbocycles. The highest BCUT2D eigenvalue weighted by molar-refractivity contribution is 6.23. The number of amides is 3. The van der Waals surface area contributed by atoms with Crippen molar-refractivity contribution in [2.45, 2.75) is 46.1 Å². The first-order chi connectivity index (χ1) is 12.9. The molecule has 3 amide bonds. The number of hydrogen-bond acceptors (Lipinski definition) is 3. The molecule has 1 heterocycles. The highest BCUT2D eigenvalue weighted by Crippen LogP contribution is 2.27. The molecule has 140 valence electrons. The average Bonchev–Trinajstić information content (AvgIpc) is 2.90. The number of rotatable bonds is 6. The van der Waals surface area contributed by atoms with E-state index in [2.05, 4.69) is 5.32 Å². The Bertz CT molecular complexity index is 869. The van der Waals surface area contributed by atoms with E-state index < -0.39 is 17.9 Å². The summed E-state index contributed by atoms with van der Waals surface area (Å²) in [6.07, 6.45) is 2.06. The molecule has 0 aromatic heterocycles. The zero-order valence-corrected chi connectivity index (χ0v) is 15.9. The van der Waals surface area contributed by atoms with E-state index in [1.54, 1.807) is 24.3 Å². The number of benzene rings is 2. The fourth-order valence-corrected chi connectivity index (χ4v) is 3.35. The average molecular weight is 364 g/mol. The van der Waals surface area contributed by atoms with Gasteiger partial charge >= 0.3 is 0 Å². The minimum absolute atomic E-state index is 0.327. The van der Waals surface area contributed by atoms with Crippen molar-refractivity contribution in [1.29, 1.82) is 0 Å². The van der Waals surface area contributed by atoms with Crippen LogP contribution in [0.2, 0.25) is 0 Å². The maximum absolute atomic E-state index is 13.1. The summed E-state index contributed by atoms with van der Waals surface area (Å²) < 4.78 is 0. The van der Waals surface area contributed by atoms with Crippen LogP contribution < -0.4 is 5.32 Å². The zero-order chi connectivity index (χ0) is 19.6. The Hall–Kier alpha value is -2.95. The smallest absolute Gasteiger partial charge is 0.262 e.